The van der Waals surface area contributed by atoms with E-state index in [1.54, 1.807) is 0 Å². The van der Waals surface area contributed by atoms with Crippen molar-refractivity contribution in [3.63, 3.8) is 0 Å². The van der Waals surface area contributed by atoms with Crippen molar-refractivity contribution in [3.8, 4) is 0 Å². The fourth-order valence-electron chi connectivity index (χ4n) is 2.16. The molecule has 0 aliphatic rings. The van der Waals surface area contributed by atoms with Crippen molar-refractivity contribution in [1.29, 1.82) is 0 Å². The topological polar surface area (TPSA) is 88.6 Å². The van der Waals surface area contributed by atoms with Gasteiger partial charge in [-0.2, -0.15) is 0 Å². The van der Waals surface area contributed by atoms with Gasteiger partial charge in [-0.25, -0.2) is 0 Å². The average molecular weight is 317 g/mol. The van der Waals surface area contributed by atoms with Gasteiger partial charge in [0, 0.05) is 13.1 Å². The molecule has 23 heavy (non-hydrogen) atoms. The van der Waals surface area contributed by atoms with Gasteiger partial charge >= 0.3 is 5.88 Å². The lowest BCUT2D eigenvalue weighted by Crippen LogP contribution is -2.27. The molecule has 0 unspecified atom stereocenters. The van der Waals surface area contributed by atoms with E-state index >= 15 is 0 Å². The summed E-state index contributed by atoms with van der Waals surface area (Å²) in [5, 5.41) is 13.2. The summed E-state index contributed by atoms with van der Waals surface area (Å²) < 4.78 is 4.84. The Morgan fingerprint density at radius 1 is 1.26 bits per heavy atom. The Kier molecular flexibility index (Phi) is 5.87. The van der Waals surface area contributed by atoms with Gasteiger partial charge in [-0.15, -0.1) is 0 Å². The Hall–Kier alpha value is -2.67. The van der Waals surface area contributed by atoms with Crippen molar-refractivity contribution in [2.45, 2.75) is 13.0 Å². The third-order valence-corrected chi connectivity index (χ3v) is 3.29. The second-order valence-corrected chi connectivity index (χ2v) is 5.23. The van der Waals surface area contributed by atoms with Crippen LogP contribution in [0.1, 0.15) is 22.5 Å². The minimum absolute atomic E-state index is 0.0469. The zero-order valence-corrected chi connectivity index (χ0v) is 12.9. The Morgan fingerprint density at radius 3 is 2.65 bits per heavy atom. The van der Waals surface area contributed by atoms with Gasteiger partial charge in [-0.05, 0) is 31.6 Å². The Balaban J connectivity index is 1.68. The normalized spacial score (nSPS) is 10.7. The van der Waals surface area contributed by atoms with E-state index < -0.39 is 16.7 Å². The molecular formula is C16H19N3O4. The van der Waals surface area contributed by atoms with Crippen LogP contribution in [-0.2, 0) is 6.54 Å². The second kappa shape index (κ2) is 8.09. The highest BCUT2D eigenvalue weighted by atomic mass is 16.6. The molecule has 1 heterocycles. The predicted molar refractivity (Wildman–Crippen MR) is 85.1 cm³/mol. The summed E-state index contributed by atoms with van der Waals surface area (Å²) in [4.78, 5) is 23.8. The van der Waals surface area contributed by atoms with Gasteiger partial charge in [0.15, 0.2) is 5.76 Å². The lowest BCUT2D eigenvalue weighted by molar-refractivity contribution is -0.402. The number of amides is 1. The van der Waals surface area contributed by atoms with Crippen LogP contribution in [0.4, 0.5) is 5.88 Å². The quantitative estimate of drug-likeness (QED) is 0.459. The highest BCUT2D eigenvalue weighted by Crippen LogP contribution is 2.15. The van der Waals surface area contributed by atoms with Crippen LogP contribution in [0, 0.1) is 10.1 Å². The summed E-state index contributed by atoms with van der Waals surface area (Å²) in [6, 6.07) is 12.6. The van der Waals surface area contributed by atoms with E-state index in [4.69, 9.17) is 4.42 Å². The van der Waals surface area contributed by atoms with Gasteiger partial charge in [0.25, 0.3) is 5.91 Å². The van der Waals surface area contributed by atoms with Crippen LogP contribution in [0.2, 0.25) is 0 Å². The third kappa shape index (κ3) is 5.23. The van der Waals surface area contributed by atoms with Crippen molar-refractivity contribution >= 4 is 11.8 Å². The van der Waals surface area contributed by atoms with Crippen molar-refractivity contribution < 1.29 is 14.1 Å². The molecule has 1 N–H and O–H groups in total. The first-order valence-electron chi connectivity index (χ1n) is 7.31. The molecule has 0 aliphatic carbocycles. The van der Waals surface area contributed by atoms with Crippen LogP contribution >= 0.6 is 0 Å². The first-order chi connectivity index (χ1) is 11.1. The number of nitrogens with zero attached hydrogens (tertiary/aromatic N) is 2. The van der Waals surface area contributed by atoms with Gasteiger partial charge in [-0.1, -0.05) is 30.3 Å². The van der Waals surface area contributed by atoms with E-state index in [0.717, 1.165) is 19.5 Å². The predicted octanol–water partition coefficient (Wildman–Crippen LogP) is 2.44. The standard InChI is InChI=1S/C16H19N3O4/c1-18(12-13-6-3-2-4-7-13)11-5-10-17-16(20)14-8-9-15(23-14)19(21)22/h2-4,6-9H,5,10-12H2,1H3,(H,17,20). The fourth-order valence-corrected chi connectivity index (χ4v) is 2.16. The molecule has 1 aromatic heterocycles. The largest absolute Gasteiger partial charge is 0.433 e. The molecule has 1 amide bonds. The van der Waals surface area contributed by atoms with Gasteiger partial charge in [0.1, 0.15) is 4.92 Å². The van der Waals surface area contributed by atoms with E-state index in [9.17, 15) is 14.9 Å². The zero-order valence-electron chi connectivity index (χ0n) is 12.9. The minimum Gasteiger partial charge on any atom is -0.395 e. The molecule has 0 spiro atoms. The van der Waals surface area contributed by atoms with Gasteiger partial charge in [-0.3, -0.25) is 14.9 Å². The van der Waals surface area contributed by atoms with E-state index in [1.807, 2.05) is 25.2 Å². The molecule has 2 aromatic rings. The zero-order chi connectivity index (χ0) is 16.7. The number of furan rings is 1. The second-order valence-electron chi connectivity index (χ2n) is 5.23. The van der Waals surface area contributed by atoms with Crippen molar-refractivity contribution in [2.24, 2.45) is 0 Å². The SMILES string of the molecule is CN(CCCNC(=O)c1ccc([N+](=O)[O-])o1)Cc1ccccc1. The first-order valence-corrected chi connectivity index (χ1v) is 7.31. The van der Waals surface area contributed by atoms with E-state index in [-0.39, 0.29) is 5.76 Å². The van der Waals surface area contributed by atoms with Crippen molar-refractivity contribution in [3.05, 3.63) is 63.9 Å². The summed E-state index contributed by atoms with van der Waals surface area (Å²) in [5.41, 5.74) is 1.24. The molecule has 0 bridgehead atoms. The molecule has 7 heteroatoms. The van der Waals surface area contributed by atoms with E-state index in [1.165, 1.54) is 17.7 Å². The smallest absolute Gasteiger partial charge is 0.395 e. The molecule has 122 valence electrons. The average Bonchev–Trinajstić information content (AvgIpc) is 3.02. The van der Waals surface area contributed by atoms with E-state index in [0.29, 0.717) is 6.54 Å². The number of carbonyl (C=O) groups is 1. The summed E-state index contributed by atoms with van der Waals surface area (Å²) in [6.07, 6.45) is 0.776. The molecule has 0 atom stereocenters. The Bertz CT molecular complexity index is 654. The van der Waals surface area contributed by atoms with Gasteiger partial charge < -0.3 is 14.6 Å². The number of benzene rings is 1. The molecule has 0 saturated carbocycles. The van der Waals surface area contributed by atoms with Crippen LogP contribution in [0.5, 0.6) is 0 Å². The maximum Gasteiger partial charge on any atom is 0.433 e. The fraction of sp³-hybridized carbons (Fsp3) is 0.312. The van der Waals surface area contributed by atoms with Crippen molar-refractivity contribution in [2.75, 3.05) is 20.1 Å². The van der Waals surface area contributed by atoms with Crippen molar-refractivity contribution in [1.82, 2.24) is 10.2 Å². The van der Waals surface area contributed by atoms with Crippen LogP contribution in [-0.4, -0.2) is 35.9 Å². The lowest BCUT2D eigenvalue weighted by atomic mass is 10.2. The summed E-state index contributed by atoms with van der Waals surface area (Å²) in [5.74, 6) is -0.920. The maximum absolute atomic E-state index is 11.8. The monoisotopic (exact) mass is 317 g/mol. The van der Waals surface area contributed by atoms with Crippen LogP contribution in [0.15, 0.2) is 46.9 Å². The molecule has 0 aliphatic heterocycles. The number of nitrogens with one attached hydrogen (secondary N) is 1. The molecule has 0 saturated heterocycles. The summed E-state index contributed by atoms with van der Waals surface area (Å²) in [7, 11) is 2.02. The van der Waals surface area contributed by atoms with Crippen LogP contribution in [0.25, 0.3) is 0 Å². The van der Waals surface area contributed by atoms with Crippen LogP contribution < -0.4 is 5.32 Å². The molecule has 0 radical (unpaired) electrons. The molecular weight excluding hydrogens is 298 g/mol. The van der Waals surface area contributed by atoms with Crippen LogP contribution in [0.3, 0.4) is 0 Å². The number of rotatable bonds is 8. The van der Waals surface area contributed by atoms with Gasteiger partial charge in [0.2, 0.25) is 0 Å². The maximum atomic E-state index is 11.8. The molecule has 7 nitrogen and oxygen atoms in total. The first kappa shape index (κ1) is 16.7. The molecule has 1 aromatic carbocycles. The summed E-state index contributed by atoms with van der Waals surface area (Å²) >= 11 is 0. The number of carbonyl (C=O) groups excluding carboxylic acids is 1. The number of hydrogen-bond donors (Lipinski definition) is 1. The highest BCUT2D eigenvalue weighted by Gasteiger charge is 2.16. The summed E-state index contributed by atoms with van der Waals surface area (Å²) in [6.45, 7) is 2.15. The molecule has 2 rings (SSSR count). The van der Waals surface area contributed by atoms with Gasteiger partial charge in [0.05, 0.1) is 6.07 Å². The Labute approximate surface area is 134 Å². The number of nitro groups is 1. The molecule has 0 fully saturated rings. The Morgan fingerprint density at radius 2 is 2.00 bits per heavy atom. The number of hydrogen-bond acceptors (Lipinski definition) is 5. The highest BCUT2D eigenvalue weighted by molar-refractivity contribution is 5.91. The lowest BCUT2D eigenvalue weighted by Gasteiger charge is -2.16. The minimum atomic E-state index is -0.671. The van der Waals surface area contributed by atoms with E-state index in [2.05, 4.69) is 22.3 Å². The third-order valence-electron chi connectivity index (χ3n) is 3.29.